The quantitative estimate of drug-likeness (QED) is 0.545. The Morgan fingerprint density at radius 1 is 1.14 bits per heavy atom. The van der Waals surface area contributed by atoms with Crippen LogP contribution in [0.3, 0.4) is 0 Å². The average molecular weight is 423 g/mol. The number of nitrogens with zero attached hydrogens (tertiary/aromatic N) is 3. The zero-order chi connectivity index (χ0) is 20.4. The van der Waals surface area contributed by atoms with Gasteiger partial charge < -0.3 is 9.15 Å². The van der Waals surface area contributed by atoms with Crippen LogP contribution in [0.4, 0.5) is 13.2 Å². The van der Waals surface area contributed by atoms with Gasteiger partial charge in [0.25, 0.3) is 5.89 Å². The fourth-order valence-electron chi connectivity index (χ4n) is 3.45. The molecule has 3 aromatic rings. The van der Waals surface area contributed by atoms with Crippen molar-refractivity contribution < 1.29 is 22.3 Å². The smallest absolute Gasteiger partial charge is 0.419 e. The van der Waals surface area contributed by atoms with E-state index in [2.05, 4.69) is 21.0 Å². The number of aromatic nitrogens is 2. The van der Waals surface area contributed by atoms with Crippen LogP contribution in [0.25, 0.3) is 10.8 Å². The van der Waals surface area contributed by atoms with Crippen LogP contribution in [-0.4, -0.2) is 28.5 Å². The molecule has 4 rings (SSSR count). The summed E-state index contributed by atoms with van der Waals surface area (Å²) in [7, 11) is 1.78. The maximum atomic E-state index is 12.6. The summed E-state index contributed by atoms with van der Waals surface area (Å²) < 4.78 is 47.7. The van der Waals surface area contributed by atoms with Crippen LogP contribution in [0, 0.1) is 0 Å². The van der Waals surface area contributed by atoms with Gasteiger partial charge in [0.1, 0.15) is 5.75 Å². The molecule has 0 radical (unpaired) electrons. The Kier molecular flexibility index (Phi) is 5.60. The van der Waals surface area contributed by atoms with Gasteiger partial charge >= 0.3 is 6.36 Å². The first-order valence-electron chi connectivity index (χ1n) is 9.34. The van der Waals surface area contributed by atoms with Crippen molar-refractivity contribution in [2.45, 2.75) is 45.1 Å². The molecule has 1 aliphatic rings. The molecule has 154 valence electrons. The van der Waals surface area contributed by atoms with Gasteiger partial charge in [-0.25, -0.2) is 0 Å². The number of para-hydroxylation sites is 1. The van der Waals surface area contributed by atoms with Gasteiger partial charge in [-0.1, -0.05) is 18.2 Å². The molecule has 2 aromatic heterocycles. The van der Waals surface area contributed by atoms with E-state index in [-0.39, 0.29) is 12.3 Å². The Morgan fingerprint density at radius 2 is 1.93 bits per heavy atom. The number of rotatable bonds is 6. The number of thiophene rings is 1. The van der Waals surface area contributed by atoms with E-state index < -0.39 is 6.36 Å². The summed E-state index contributed by atoms with van der Waals surface area (Å²) in [4.78, 5) is 4.17. The highest BCUT2D eigenvalue weighted by Gasteiger charge is 2.32. The van der Waals surface area contributed by atoms with E-state index in [9.17, 15) is 13.2 Å². The van der Waals surface area contributed by atoms with Crippen molar-refractivity contribution in [2.24, 2.45) is 0 Å². The van der Waals surface area contributed by atoms with Crippen LogP contribution in [0.15, 0.2) is 34.7 Å². The van der Waals surface area contributed by atoms with Crippen LogP contribution in [0.2, 0.25) is 0 Å². The molecule has 0 spiro atoms. The minimum absolute atomic E-state index is 0.206. The summed E-state index contributed by atoms with van der Waals surface area (Å²) in [5.74, 6) is 0.707. The summed E-state index contributed by atoms with van der Waals surface area (Å²) in [6.07, 6.45) is -0.108. The van der Waals surface area contributed by atoms with Gasteiger partial charge in [0, 0.05) is 17.0 Å². The molecular formula is C20H20F3N3O2S. The Hall–Kier alpha value is -2.39. The third-order valence-electron chi connectivity index (χ3n) is 4.72. The fraction of sp³-hybridized carbons (Fsp3) is 0.400. The molecule has 1 aromatic carbocycles. The molecule has 1 aliphatic carbocycles. The number of hydrogen-bond acceptors (Lipinski definition) is 6. The molecule has 0 saturated heterocycles. The van der Waals surface area contributed by atoms with E-state index in [0.717, 1.165) is 17.7 Å². The number of aryl methyl sites for hydroxylation is 2. The van der Waals surface area contributed by atoms with Crippen molar-refractivity contribution in [2.75, 3.05) is 7.05 Å². The lowest BCUT2D eigenvalue weighted by atomic mass is 9.99. The third-order valence-corrected chi connectivity index (χ3v) is 5.94. The highest BCUT2D eigenvalue weighted by Crippen LogP contribution is 2.35. The van der Waals surface area contributed by atoms with Gasteiger partial charge in [-0.3, -0.25) is 4.90 Å². The van der Waals surface area contributed by atoms with E-state index >= 15 is 0 Å². The highest BCUT2D eigenvalue weighted by atomic mass is 32.1. The topological polar surface area (TPSA) is 51.4 Å². The number of halogens is 3. The van der Waals surface area contributed by atoms with Crippen molar-refractivity contribution >= 4 is 11.3 Å². The van der Waals surface area contributed by atoms with E-state index in [0.29, 0.717) is 23.9 Å². The monoisotopic (exact) mass is 423 g/mol. The first-order chi connectivity index (χ1) is 13.9. The molecule has 0 N–H and O–H groups in total. The van der Waals surface area contributed by atoms with Crippen molar-refractivity contribution in [1.82, 2.24) is 15.1 Å². The van der Waals surface area contributed by atoms with Crippen LogP contribution in [-0.2, 0) is 25.9 Å². The summed E-state index contributed by atoms with van der Waals surface area (Å²) in [5.41, 5.74) is 1.80. The largest absolute Gasteiger partial charge is 0.573 e. The molecule has 5 nitrogen and oxygen atoms in total. The standard InChI is InChI=1S/C20H20F3N3O2S/c1-26(11-14-7-2-4-8-15(14)28-20(21,22)23)12-18-24-25-19(27-18)17-10-13-6-3-5-9-16(13)29-17/h2,4,7-8,10H,3,5-6,9,11-12H2,1H3. The number of ether oxygens (including phenoxy) is 1. The lowest BCUT2D eigenvalue weighted by Crippen LogP contribution is -2.21. The molecule has 0 atom stereocenters. The lowest BCUT2D eigenvalue weighted by molar-refractivity contribution is -0.275. The predicted molar refractivity (Wildman–Crippen MR) is 103 cm³/mol. The van der Waals surface area contributed by atoms with Crippen LogP contribution >= 0.6 is 11.3 Å². The normalized spacial score (nSPS) is 14.2. The number of alkyl halides is 3. The van der Waals surface area contributed by atoms with Gasteiger partial charge in [-0.15, -0.1) is 34.7 Å². The molecule has 0 aliphatic heterocycles. The average Bonchev–Trinajstić information content (AvgIpc) is 3.28. The van der Waals surface area contributed by atoms with Gasteiger partial charge in [-0.2, -0.15) is 0 Å². The van der Waals surface area contributed by atoms with Crippen LogP contribution in [0.5, 0.6) is 5.75 Å². The molecule has 0 bridgehead atoms. The second kappa shape index (κ2) is 8.16. The lowest BCUT2D eigenvalue weighted by Gasteiger charge is -2.18. The number of benzene rings is 1. The predicted octanol–water partition coefficient (Wildman–Crippen LogP) is 5.21. The van der Waals surface area contributed by atoms with E-state index in [1.807, 2.05) is 0 Å². The summed E-state index contributed by atoms with van der Waals surface area (Å²) in [6, 6.07) is 8.23. The zero-order valence-electron chi connectivity index (χ0n) is 15.8. The van der Waals surface area contributed by atoms with Gasteiger partial charge in [0.2, 0.25) is 5.89 Å². The van der Waals surface area contributed by atoms with Crippen molar-refractivity contribution in [3.8, 4) is 16.5 Å². The van der Waals surface area contributed by atoms with E-state index in [1.54, 1.807) is 35.4 Å². The van der Waals surface area contributed by atoms with Gasteiger partial charge in [0.15, 0.2) is 0 Å². The Labute approximate surface area is 170 Å². The SMILES string of the molecule is CN(Cc1nnc(-c2cc3c(s2)CCCC3)o1)Cc1ccccc1OC(F)(F)F. The molecule has 2 heterocycles. The maximum Gasteiger partial charge on any atom is 0.573 e. The van der Waals surface area contributed by atoms with E-state index in [1.165, 1.54) is 35.4 Å². The number of hydrogen-bond donors (Lipinski definition) is 0. The van der Waals surface area contributed by atoms with Gasteiger partial charge in [0.05, 0.1) is 11.4 Å². The maximum absolute atomic E-state index is 12.6. The minimum atomic E-state index is -4.73. The first-order valence-corrected chi connectivity index (χ1v) is 10.2. The summed E-state index contributed by atoms with van der Waals surface area (Å²) >= 11 is 1.70. The molecule has 0 unspecified atom stereocenters. The summed E-state index contributed by atoms with van der Waals surface area (Å²) in [5, 5.41) is 8.25. The van der Waals surface area contributed by atoms with Crippen molar-refractivity contribution in [3.05, 3.63) is 52.2 Å². The van der Waals surface area contributed by atoms with Crippen LogP contribution in [0.1, 0.15) is 34.7 Å². The molecule has 9 heteroatoms. The second-order valence-corrected chi connectivity index (χ2v) is 8.23. The second-order valence-electron chi connectivity index (χ2n) is 7.09. The van der Waals surface area contributed by atoms with Crippen molar-refractivity contribution in [1.29, 1.82) is 0 Å². The third kappa shape index (κ3) is 4.97. The summed E-state index contributed by atoms with van der Waals surface area (Å²) in [6.45, 7) is 0.565. The molecule has 0 amide bonds. The van der Waals surface area contributed by atoms with Gasteiger partial charge in [-0.05, 0) is 50.4 Å². The highest BCUT2D eigenvalue weighted by molar-refractivity contribution is 7.15. The molecular weight excluding hydrogens is 403 g/mol. The first kappa shape index (κ1) is 19.9. The minimum Gasteiger partial charge on any atom is -0.419 e. The number of fused-ring (bicyclic) bond motifs is 1. The zero-order valence-corrected chi connectivity index (χ0v) is 16.6. The fourth-order valence-corrected chi connectivity index (χ4v) is 4.62. The molecule has 0 fully saturated rings. The Bertz CT molecular complexity index is 960. The van der Waals surface area contributed by atoms with Crippen molar-refractivity contribution in [3.63, 3.8) is 0 Å². The Morgan fingerprint density at radius 3 is 2.72 bits per heavy atom. The molecule has 29 heavy (non-hydrogen) atoms. The molecule has 0 saturated carbocycles. The van der Waals surface area contributed by atoms with Crippen LogP contribution < -0.4 is 4.74 Å². The Balaban J connectivity index is 1.42. The van der Waals surface area contributed by atoms with E-state index in [4.69, 9.17) is 4.42 Å².